The van der Waals surface area contributed by atoms with Gasteiger partial charge in [-0.2, -0.15) is 5.26 Å². The fourth-order valence-electron chi connectivity index (χ4n) is 3.63. The van der Waals surface area contributed by atoms with Crippen molar-refractivity contribution in [2.24, 2.45) is 5.92 Å². The van der Waals surface area contributed by atoms with E-state index in [9.17, 15) is 19.6 Å². The largest absolute Gasteiger partial charge is 0.468 e. The van der Waals surface area contributed by atoms with Crippen LogP contribution in [0.3, 0.4) is 0 Å². The highest BCUT2D eigenvalue weighted by Gasteiger charge is 2.44. The molecule has 0 spiro atoms. The molecule has 7 nitrogen and oxygen atoms in total. The highest BCUT2D eigenvalue weighted by atomic mass is 32.2. The molecule has 2 amide bonds. The highest BCUT2D eigenvalue weighted by molar-refractivity contribution is 8.03. The third-order valence-corrected chi connectivity index (χ3v) is 6.29. The average Bonchev–Trinajstić information content (AvgIpc) is 2.78. The van der Waals surface area contributed by atoms with E-state index in [0.717, 1.165) is 22.9 Å². The van der Waals surface area contributed by atoms with E-state index in [-0.39, 0.29) is 22.3 Å². The number of para-hydroxylation sites is 1. The molecule has 2 aromatic rings. The van der Waals surface area contributed by atoms with Crippen LogP contribution in [0.4, 0.5) is 5.69 Å². The summed E-state index contributed by atoms with van der Waals surface area (Å²) in [7, 11) is 1.21. The number of aryl methyl sites for hydroxylation is 2. The van der Waals surface area contributed by atoms with Crippen molar-refractivity contribution in [1.29, 1.82) is 5.26 Å². The Balaban J connectivity index is 1.92. The molecule has 8 heteroatoms. The molecule has 3 rings (SSSR count). The van der Waals surface area contributed by atoms with Crippen LogP contribution < -0.4 is 10.6 Å². The molecule has 0 aromatic heterocycles. The van der Waals surface area contributed by atoms with Gasteiger partial charge in [-0.05, 0) is 36.6 Å². The van der Waals surface area contributed by atoms with E-state index in [2.05, 4.69) is 16.7 Å². The number of esters is 1. The number of methoxy groups -OCH3 is 1. The summed E-state index contributed by atoms with van der Waals surface area (Å²) in [5, 5.41) is 15.7. The Labute approximate surface area is 190 Å². The van der Waals surface area contributed by atoms with Crippen molar-refractivity contribution >= 4 is 35.2 Å². The number of hydrogen-bond donors (Lipinski definition) is 2. The third-order valence-electron chi connectivity index (χ3n) is 5.27. The Bertz CT molecular complexity index is 1140. The van der Waals surface area contributed by atoms with Gasteiger partial charge >= 0.3 is 5.97 Å². The molecule has 164 valence electrons. The second-order valence-corrected chi connectivity index (χ2v) is 8.32. The molecule has 1 heterocycles. The predicted octanol–water partition coefficient (Wildman–Crippen LogP) is 3.41. The first-order chi connectivity index (χ1) is 15.4. The highest BCUT2D eigenvalue weighted by Crippen LogP contribution is 2.41. The SMILES string of the molecule is COC(=O)[C@@H]1C(=O)NC(SCC(=O)Nc2ccccc2C)=C(C#N)[C@@H]1c1ccccc1C. The predicted molar refractivity (Wildman–Crippen MR) is 122 cm³/mol. The minimum absolute atomic E-state index is 0.0154. The third kappa shape index (κ3) is 4.84. The van der Waals surface area contributed by atoms with E-state index < -0.39 is 23.7 Å². The maximum atomic E-state index is 12.9. The lowest BCUT2D eigenvalue weighted by atomic mass is 9.77. The van der Waals surface area contributed by atoms with Gasteiger partial charge in [-0.3, -0.25) is 14.4 Å². The normalized spacial score (nSPS) is 17.9. The molecular weight excluding hydrogens is 426 g/mol. The maximum absolute atomic E-state index is 12.9. The van der Waals surface area contributed by atoms with Crippen molar-refractivity contribution in [3.8, 4) is 6.07 Å². The molecule has 1 aliphatic rings. The van der Waals surface area contributed by atoms with Crippen molar-refractivity contribution in [3.63, 3.8) is 0 Å². The molecule has 0 saturated heterocycles. The van der Waals surface area contributed by atoms with E-state index in [0.29, 0.717) is 11.3 Å². The Hall–Kier alpha value is -3.57. The zero-order chi connectivity index (χ0) is 23.3. The summed E-state index contributed by atoms with van der Waals surface area (Å²) in [5.74, 6) is -3.56. The molecule has 2 N–H and O–H groups in total. The van der Waals surface area contributed by atoms with E-state index >= 15 is 0 Å². The standard InChI is InChI=1S/C24H23N3O4S/c1-14-8-4-6-10-16(14)20-17(12-25)23(27-22(29)21(20)24(30)31-3)32-13-19(28)26-18-11-7-5-9-15(18)2/h4-11,20-21H,13H2,1-3H3,(H,26,28)(H,27,29)/t20-,21-/m0/s1. The molecule has 0 radical (unpaired) electrons. The lowest BCUT2D eigenvalue weighted by Gasteiger charge is -2.31. The van der Waals surface area contributed by atoms with Crippen LogP contribution in [0.5, 0.6) is 0 Å². The van der Waals surface area contributed by atoms with Crippen LogP contribution in [0.15, 0.2) is 59.1 Å². The van der Waals surface area contributed by atoms with Crippen LogP contribution in [-0.4, -0.2) is 30.6 Å². The fraction of sp³-hybridized carbons (Fsp3) is 0.250. The van der Waals surface area contributed by atoms with E-state index in [1.165, 1.54) is 7.11 Å². The van der Waals surface area contributed by atoms with Crippen molar-refractivity contribution in [1.82, 2.24) is 5.32 Å². The number of nitriles is 1. The molecule has 0 fully saturated rings. The van der Waals surface area contributed by atoms with Crippen molar-refractivity contribution in [3.05, 3.63) is 75.8 Å². The van der Waals surface area contributed by atoms with Crippen LogP contribution in [0.25, 0.3) is 0 Å². The zero-order valence-corrected chi connectivity index (χ0v) is 18.8. The molecule has 0 saturated carbocycles. The van der Waals surface area contributed by atoms with Gasteiger partial charge in [0.1, 0.15) is 5.92 Å². The Morgan fingerprint density at radius 3 is 2.41 bits per heavy atom. The smallest absolute Gasteiger partial charge is 0.319 e. The second kappa shape index (κ2) is 10.2. The van der Waals surface area contributed by atoms with E-state index in [4.69, 9.17) is 4.74 Å². The van der Waals surface area contributed by atoms with Crippen LogP contribution in [0.2, 0.25) is 0 Å². The molecule has 32 heavy (non-hydrogen) atoms. The number of allylic oxidation sites excluding steroid dienone is 1. The van der Waals surface area contributed by atoms with Crippen LogP contribution in [0.1, 0.15) is 22.6 Å². The summed E-state index contributed by atoms with van der Waals surface area (Å²) >= 11 is 1.05. The molecular formula is C24H23N3O4S. The summed E-state index contributed by atoms with van der Waals surface area (Å²) < 4.78 is 4.85. The van der Waals surface area contributed by atoms with Crippen molar-refractivity contribution < 1.29 is 19.1 Å². The summed E-state index contributed by atoms with van der Waals surface area (Å²) in [6, 6.07) is 16.8. The van der Waals surface area contributed by atoms with Gasteiger partial charge in [-0.25, -0.2) is 0 Å². The Morgan fingerprint density at radius 2 is 1.78 bits per heavy atom. The van der Waals surface area contributed by atoms with Gasteiger partial charge in [-0.15, -0.1) is 0 Å². The fourth-order valence-corrected chi connectivity index (χ4v) is 4.48. The topological polar surface area (TPSA) is 108 Å². The summed E-state index contributed by atoms with van der Waals surface area (Å²) in [6.45, 7) is 3.74. The first-order valence-electron chi connectivity index (χ1n) is 9.94. The van der Waals surface area contributed by atoms with Gasteiger partial charge < -0.3 is 15.4 Å². The first kappa shape index (κ1) is 23.1. The van der Waals surface area contributed by atoms with Crippen molar-refractivity contribution in [2.75, 3.05) is 18.2 Å². The molecule has 0 bridgehead atoms. The lowest BCUT2D eigenvalue weighted by Crippen LogP contribution is -2.44. The number of amides is 2. The Kier molecular flexibility index (Phi) is 7.33. The number of rotatable bonds is 6. The van der Waals surface area contributed by atoms with Crippen LogP contribution >= 0.6 is 11.8 Å². The number of nitrogens with one attached hydrogen (secondary N) is 2. The number of ether oxygens (including phenoxy) is 1. The lowest BCUT2D eigenvalue weighted by molar-refractivity contribution is -0.150. The summed E-state index contributed by atoms with van der Waals surface area (Å²) in [6.07, 6.45) is 0. The van der Waals surface area contributed by atoms with E-state index in [1.54, 1.807) is 18.2 Å². The van der Waals surface area contributed by atoms with Gasteiger partial charge in [0.05, 0.1) is 29.5 Å². The monoisotopic (exact) mass is 449 g/mol. The van der Waals surface area contributed by atoms with Crippen LogP contribution in [0, 0.1) is 31.1 Å². The average molecular weight is 450 g/mol. The first-order valence-corrected chi connectivity index (χ1v) is 10.9. The molecule has 0 aliphatic carbocycles. The number of carbonyl (C=O) groups excluding carboxylic acids is 3. The number of hydrogen-bond acceptors (Lipinski definition) is 6. The van der Waals surface area contributed by atoms with Gasteiger partial charge in [0.15, 0.2) is 0 Å². The van der Waals surface area contributed by atoms with Gasteiger partial charge in [-0.1, -0.05) is 54.2 Å². The molecule has 2 atom stereocenters. The minimum Gasteiger partial charge on any atom is -0.468 e. The number of thioether (sulfide) groups is 1. The number of nitrogens with zero attached hydrogens (tertiary/aromatic N) is 1. The van der Waals surface area contributed by atoms with Crippen molar-refractivity contribution in [2.45, 2.75) is 19.8 Å². The number of benzene rings is 2. The summed E-state index contributed by atoms with van der Waals surface area (Å²) in [5.41, 5.74) is 3.38. The minimum atomic E-state index is -1.19. The maximum Gasteiger partial charge on any atom is 0.319 e. The molecule has 2 aromatic carbocycles. The van der Waals surface area contributed by atoms with Gasteiger partial charge in [0, 0.05) is 11.6 Å². The van der Waals surface area contributed by atoms with E-state index in [1.807, 2.05) is 44.2 Å². The van der Waals surface area contributed by atoms with Gasteiger partial charge in [0.2, 0.25) is 11.8 Å². The second-order valence-electron chi connectivity index (χ2n) is 7.33. The van der Waals surface area contributed by atoms with Crippen LogP contribution in [-0.2, 0) is 19.1 Å². The number of anilines is 1. The molecule has 1 aliphatic heterocycles. The Morgan fingerprint density at radius 1 is 1.12 bits per heavy atom. The summed E-state index contributed by atoms with van der Waals surface area (Å²) in [4.78, 5) is 37.8. The number of carbonyl (C=O) groups is 3. The zero-order valence-electron chi connectivity index (χ0n) is 18.0. The van der Waals surface area contributed by atoms with Gasteiger partial charge in [0.25, 0.3) is 0 Å². The molecule has 0 unspecified atom stereocenters. The quantitative estimate of drug-likeness (QED) is 0.517.